The van der Waals surface area contributed by atoms with Crippen molar-refractivity contribution < 1.29 is 9.59 Å². The monoisotopic (exact) mass is 348 g/mol. The average Bonchev–Trinajstić information content (AvgIpc) is 3.06. The minimum Gasteiger partial charge on any atom is -0.339 e. The average molecular weight is 348 g/mol. The first-order valence-electron chi connectivity index (χ1n) is 7.30. The summed E-state index contributed by atoms with van der Waals surface area (Å²) >= 11 is 2.97. The molecule has 0 aliphatic carbocycles. The number of anilines is 1. The highest BCUT2D eigenvalue weighted by molar-refractivity contribution is 7.98. The van der Waals surface area contributed by atoms with Gasteiger partial charge in [0, 0.05) is 10.6 Å². The minimum absolute atomic E-state index is 0.0114. The quantitative estimate of drug-likeness (QED) is 0.779. The minimum atomic E-state index is -0.581. The van der Waals surface area contributed by atoms with Gasteiger partial charge in [0.15, 0.2) is 0 Å². The van der Waals surface area contributed by atoms with Crippen LogP contribution in [0.1, 0.15) is 23.5 Å². The third kappa shape index (κ3) is 4.84. The van der Waals surface area contributed by atoms with Crippen molar-refractivity contribution in [1.82, 2.24) is 5.32 Å². The van der Waals surface area contributed by atoms with Gasteiger partial charge in [0.05, 0.1) is 4.88 Å². The van der Waals surface area contributed by atoms with Crippen molar-refractivity contribution >= 4 is 40.6 Å². The first-order valence-corrected chi connectivity index (χ1v) is 9.41. The van der Waals surface area contributed by atoms with Crippen LogP contribution in [-0.4, -0.2) is 24.1 Å². The van der Waals surface area contributed by atoms with E-state index in [1.54, 1.807) is 17.8 Å². The van der Waals surface area contributed by atoms with Gasteiger partial charge < -0.3 is 10.6 Å². The fourth-order valence-electron chi connectivity index (χ4n) is 2.08. The Kier molecular flexibility index (Phi) is 6.24. The van der Waals surface area contributed by atoms with Crippen LogP contribution in [0.5, 0.6) is 0 Å². The van der Waals surface area contributed by atoms with Crippen LogP contribution in [0.3, 0.4) is 0 Å². The predicted octanol–water partition coefficient (Wildman–Crippen LogP) is 3.86. The molecule has 1 unspecified atom stereocenters. The van der Waals surface area contributed by atoms with E-state index in [0.717, 1.165) is 10.6 Å². The molecule has 2 amide bonds. The normalized spacial score (nSPS) is 12.0. The Labute approximate surface area is 144 Å². The Bertz CT molecular complexity index is 669. The molecule has 0 bridgehead atoms. The zero-order valence-corrected chi connectivity index (χ0v) is 15.0. The number of amides is 2. The second kappa shape index (κ2) is 8.17. The lowest BCUT2D eigenvalue weighted by atomic mass is 10.0. The molecule has 0 saturated heterocycles. The van der Waals surface area contributed by atoms with Gasteiger partial charge in [-0.3, -0.25) is 9.59 Å². The molecule has 2 rings (SSSR count). The van der Waals surface area contributed by atoms with Gasteiger partial charge in [-0.05, 0) is 41.8 Å². The molecule has 0 aliphatic heterocycles. The van der Waals surface area contributed by atoms with Crippen LogP contribution in [0, 0.1) is 5.92 Å². The van der Waals surface area contributed by atoms with Gasteiger partial charge in [-0.25, -0.2) is 0 Å². The zero-order valence-electron chi connectivity index (χ0n) is 13.3. The van der Waals surface area contributed by atoms with Crippen LogP contribution < -0.4 is 10.6 Å². The van der Waals surface area contributed by atoms with Crippen molar-refractivity contribution in [2.45, 2.75) is 24.8 Å². The Morgan fingerprint density at radius 3 is 2.57 bits per heavy atom. The molecule has 1 heterocycles. The molecule has 6 heteroatoms. The lowest BCUT2D eigenvalue weighted by Gasteiger charge is -2.21. The fourth-order valence-corrected chi connectivity index (χ4v) is 3.16. The summed E-state index contributed by atoms with van der Waals surface area (Å²) in [5, 5.41) is 7.55. The number of rotatable bonds is 6. The molecule has 1 aromatic carbocycles. The Hall–Kier alpha value is -1.79. The van der Waals surface area contributed by atoms with Gasteiger partial charge in [0.1, 0.15) is 6.04 Å². The molecular formula is C17H20N2O2S2. The number of carbonyl (C=O) groups excluding carboxylic acids is 2. The number of carbonyl (C=O) groups is 2. The molecule has 2 N–H and O–H groups in total. The standard InChI is InChI=1S/C17H20N2O2S2/c1-11(2)15(19-16(20)14-8-5-9-23-14)17(21)18-12-6-4-7-13(10-12)22-3/h4-11,15H,1-3H3,(H,18,21)(H,19,20). The summed E-state index contributed by atoms with van der Waals surface area (Å²) in [7, 11) is 0. The SMILES string of the molecule is CSc1cccc(NC(=O)C(NC(=O)c2cccs2)C(C)C)c1. The number of thiophene rings is 1. The smallest absolute Gasteiger partial charge is 0.262 e. The third-order valence-corrected chi connectivity index (χ3v) is 4.91. The topological polar surface area (TPSA) is 58.2 Å². The van der Waals surface area contributed by atoms with Gasteiger partial charge in [0.2, 0.25) is 5.91 Å². The summed E-state index contributed by atoms with van der Waals surface area (Å²) in [6.07, 6.45) is 1.99. The number of hydrogen-bond donors (Lipinski definition) is 2. The molecule has 122 valence electrons. The molecule has 0 radical (unpaired) electrons. The first-order chi connectivity index (χ1) is 11.0. The molecule has 0 fully saturated rings. The molecular weight excluding hydrogens is 328 g/mol. The Balaban J connectivity index is 2.07. The van der Waals surface area contributed by atoms with Crippen LogP contribution in [0.25, 0.3) is 0 Å². The highest BCUT2D eigenvalue weighted by Crippen LogP contribution is 2.19. The van der Waals surface area contributed by atoms with Crippen LogP contribution >= 0.6 is 23.1 Å². The van der Waals surface area contributed by atoms with E-state index >= 15 is 0 Å². The molecule has 0 spiro atoms. The van der Waals surface area contributed by atoms with Crippen molar-refractivity contribution in [2.24, 2.45) is 5.92 Å². The third-order valence-electron chi connectivity index (χ3n) is 3.32. The molecule has 0 aliphatic rings. The van der Waals surface area contributed by atoms with E-state index in [1.807, 2.05) is 55.8 Å². The van der Waals surface area contributed by atoms with E-state index < -0.39 is 6.04 Å². The van der Waals surface area contributed by atoms with E-state index in [4.69, 9.17) is 0 Å². The maximum Gasteiger partial charge on any atom is 0.262 e. The zero-order chi connectivity index (χ0) is 16.8. The number of nitrogens with one attached hydrogen (secondary N) is 2. The molecule has 4 nitrogen and oxygen atoms in total. The van der Waals surface area contributed by atoms with Gasteiger partial charge >= 0.3 is 0 Å². The van der Waals surface area contributed by atoms with E-state index in [0.29, 0.717) is 4.88 Å². The summed E-state index contributed by atoms with van der Waals surface area (Å²) in [5.74, 6) is -0.433. The molecule has 1 aromatic heterocycles. The van der Waals surface area contributed by atoms with E-state index in [1.165, 1.54) is 11.3 Å². The van der Waals surface area contributed by atoms with E-state index in [9.17, 15) is 9.59 Å². The van der Waals surface area contributed by atoms with Crippen LogP contribution in [-0.2, 0) is 4.79 Å². The molecule has 0 saturated carbocycles. The van der Waals surface area contributed by atoms with Gasteiger partial charge in [-0.15, -0.1) is 23.1 Å². The summed E-state index contributed by atoms with van der Waals surface area (Å²) in [5.41, 5.74) is 0.734. The fraction of sp³-hybridized carbons (Fsp3) is 0.294. The maximum atomic E-state index is 12.5. The highest BCUT2D eigenvalue weighted by Gasteiger charge is 2.25. The lowest BCUT2D eigenvalue weighted by Crippen LogP contribution is -2.46. The second-order valence-electron chi connectivity index (χ2n) is 5.39. The van der Waals surface area contributed by atoms with Crippen LogP contribution in [0.2, 0.25) is 0 Å². The van der Waals surface area contributed by atoms with Crippen molar-refractivity contribution in [3.63, 3.8) is 0 Å². The van der Waals surface area contributed by atoms with Crippen molar-refractivity contribution in [3.05, 3.63) is 46.7 Å². The lowest BCUT2D eigenvalue weighted by molar-refractivity contribution is -0.118. The number of thioether (sulfide) groups is 1. The molecule has 23 heavy (non-hydrogen) atoms. The van der Waals surface area contributed by atoms with Crippen molar-refractivity contribution in [1.29, 1.82) is 0 Å². The van der Waals surface area contributed by atoms with Gasteiger partial charge in [-0.1, -0.05) is 26.0 Å². The van der Waals surface area contributed by atoms with Gasteiger partial charge in [0.25, 0.3) is 5.91 Å². The largest absolute Gasteiger partial charge is 0.339 e. The summed E-state index contributed by atoms with van der Waals surface area (Å²) in [6.45, 7) is 3.83. The van der Waals surface area contributed by atoms with Gasteiger partial charge in [-0.2, -0.15) is 0 Å². The summed E-state index contributed by atoms with van der Waals surface area (Å²) in [4.78, 5) is 26.4. The van der Waals surface area contributed by atoms with E-state index in [2.05, 4.69) is 10.6 Å². The van der Waals surface area contributed by atoms with Crippen molar-refractivity contribution in [2.75, 3.05) is 11.6 Å². The van der Waals surface area contributed by atoms with Crippen LogP contribution in [0.15, 0.2) is 46.7 Å². The maximum absolute atomic E-state index is 12.5. The summed E-state index contributed by atoms with van der Waals surface area (Å²) < 4.78 is 0. The second-order valence-corrected chi connectivity index (χ2v) is 7.22. The Morgan fingerprint density at radius 1 is 1.17 bits per heavy atom. The number of benzene rings is 1. The van der Waals surface area contributed by atoms with E-state index in [-0.39, 0.29) is 17.7 Å². The predicted molar refractivity (Wildman–Crippen MR) is 97.3 cm³/mol. The van der Waals surface area contributed by atoms with Crippen molar-refractivity contribution in [3.8, 4) is 0 Å². The molecule has 2 aromatic rings. The highest BCUT2D eigenvalue weighted by atomic mass is 32.2. The Morgan fingerprint density at radius 2 is 1.96 bits per heavy atom. The van der Waals surface area contributed by atoms with Crippen LogP contribution in [0.4, 0.5) is 5.69 Å². The molecule has 1 atom stereocenters. The number of hydrogen-bond acceptors (Lipinski definition) is 4. The first kappa shape index (κ1) is 17.6. The summed E-state index contributed by atoms with van der Waals surface area (Å²) in [6, 6.07) is 10.6.